The van der Waals surface area contributed by atoms with E-state index in [-0.39, 0.29) is 29.8 Å². The van der Waals surface area contributed by atoms with Crippen LogP contribution in [0.3, 0.4) is 0 Å². The number of quaternary nitrogens is 1. The second-order valence-electron chi connectivity index (χ2n) is 6.86. The van der Waals surface area contributed by atoms with Gasteiger partial charge in [0.2, 0.25) is 0 Å². The summed E-state index contributed by atoms with van der Waals surface area (Å²) < 4.78 is 5.07. The fraction of sp³-hybridized carbons (Fsp3) is 0.824. The first-order chi connectivity index (χ1) is 10.7. The average Bonchev–Trinajstić information content (AvgIpc) is 2.54. The number of esters is 1. The Labute approximate surface area is 139 Å². The SMILES string of the molecule is CCOC(=O)C1CC[NH+]([C@@H](C)C(=O)N[C@@](C)(C#N)C(C)C)CC1. The first-order valence-corrected chi connectivity index (χ1v) is 8.49. The van der Waals surface area contributed by atoms with E-state index in [1.54, 1.807) is 6.92 Å². The van der Waals surface area contributed by atoms with Gasteiger partial charge in [-0.2, -0.15) is 5.26 Å². The van der Waals surface area contributed by atoms with Gasteiger partial charge in [-0.15, -0.1) is 0 Å². The zero-order chi connectivity index (χ0) is 17.6. The largest absolute Gasteiger partial charge is 0.466 e. The van der Waals surface area contributed by atoms with Crippen molar-refractivity contribution < 1.29 is 19.2 Å². The Hall–Kier alpha value is -1.61. The molecule has 0 aromatic rings. The van der Waals surface area contributed by atoms with Gasteiger partial charge in [0.25, 0.3) is 5.91 Å². The van der Waals surface area contributed by atoms with Gasteiger partial charge in [0.15, 0.2) is 6.04 Å². The van der Waals surface area contributed by atoms with Crippen molar-refractivity contribution in [2.75, 3.05) is 19.7 Å². The van der Waals surface area contributed by atoms with E-state index in [4.69, 9.17) is 4.74 Å². The minimum atomic E-state index is -0.853. The summed E-state index contributed by atoms with van der Waals surface area (Å²) in [6.45, 7) is 11.2. The summed E-state index contributed by atoms with van der Waals surface area (Å²) in [5, 5.41) is 12.2. The number of nitrogens with one attached hydrogen (secondary N) is 2. The number of hydrogen-bond donors (Lipinski definition) is 2. The van der Waals surface area contributed by atoms with Crippen LogP contribution >= 0.6 is 0 Å². The molecule has 6 nitrogen and oxygen atoms in total. The zero-order valence-electron chi connectivity index (χ0n) is 14.9. The van der Waals surface area contributed by atoms with Gasteiger partial charge >= 0.3 is 5.97 Å². The van der Waals surface area contributed by atoms with E-state index in [0.29, 0.717) is 6.61 Å². The van der Waals surface area contributed by atoms with Crippen LogP contribution in [0.15, 0.2) is 0 Å². The van der Waals surface area contributed by atoms with Crippen molar-refractivity contribution in [1.82, 2.24) is 5.32 Å². The Morgan fingerprint density at radius 3 is 2.35 bits per heavy atom. The number of nitrogens with zero attached hydrogens (tertiary/aromatic N) is 1. The lowest BCUT2D eigenvalue weighted by Gasteiger charge is -2.34. The maximum atomic E-state index is 12.5. The summed E-state index contributed by atoms with van der Waals surface area (Å²) in [5.74, 6) is -0.241. The summed E-state index contributed by atoms with van der Waals surface area (Å²) in [5.41, 5.74) is -0.853. The van der Waals surface area contributed by atoms with Crippen LogP contribution in [0, 0.1) is 23.2 Å². The van der Waals surface area contributed by atoms with Crippen LogP contribution in [-0.4, -0.2) is 43.2 Å². The van der Waals surface area contributed by atoms with Crippen molar-refractivity contribution >= 4 is 11.9 Å². The lowest BCUT2D eigenvalue weighted by atomic mass is 9.89. The second kappa shape index (κ2) is 8.30. The fourth-order valence-corrected chi connectivity index (χ4v) is 2.77. The van der Waals surface area contributed by atoms with Gasteiger partial charge in [-0.3, -0.25) is 9.59 Å². The molecule has 1 rings (SSSR count). The molecule has 130 valence electrons. The van der Waals surface area contributed by atoms with E-state index in [0.717, 1.165) is 30.8 Å². The molecule has 1 fully saturated rings. The Kier molecular flexibility index (Phi) is 7.01. The maximum absolute atomic E-state index is 12.5. The van der Waals surface area contributed by atoms with Gasteiger partial charge in [-0.1, -0.05) is 13.8 Å². The van der Waals surface area contributed by atoms with E-state index in [9.17, 15) is 14.9 Å². The van der Waals surface area contributed by atoms with Crippen molar-refractivity contribution in [3.05, 3.63) is 0 Å². The third-order valence-electron chi connectivity index (χ3n) is 5.02. The first-order valence-electron chi connectivity index (χ1n) is 8.49. The topological polar surface area (TPSA) is 83.6 Å². The quantitative estimate of drug-likeness (QED) is 0.688. The summed E-state index contributed by atoms with van der Waals surface area (Å²) in [7, 11) is 0. The Morgan fingerprint density at radius 1 is 1.35 bits per heavy atom. The van der Waals surface area contributed by atoms with Crippen molar-refractivity contribution in [2.45, 2.75) is 59.0 Å². The van der Waals surface area contributed by atoms with E-state index in [1.807, 2.05) is 27.7 Å². The Morgan fingerprint density at radius 2 is 1.91 bits per heavy atom. The number of rotatable bonds is 6. The number of amides is 1. The number of piperidine rings is 1. The van der Waals surface area contributed by atoms with Gasteiger partial charge in [-0.05, 0) is 26.7 Å². The van der Waals surface area contributed by atoms with Crippen LogP contribution in [0.2, 0.25) is 0 Å². The maximum Gasteiger partial charge on any atom is 0.309 e. The third-order valence-corrected chi connectivity index (χ3v) is 5.02. The Balaban J connectivity index is 2.56. The van der Waals surface area contributed by atoms with Crippen LogP contribution < -0.4 is 10.2 Å². The molecule has 1 aliphatic heterocycles. The average molecular weight is 324 g/mol. The number of hydrogen-bond acceptors (Lipinski definition) is 4. The summed E-state index contributed by atoms with van der Waals surface area (Å²) in [6.07, 6.45) is 1.48. The van der Waals surface area contributed by atoms with Gasteiger partial charge < -0.3 is 15.0 Å². The second-order valence-corrected chi connectivity index (χ2v) is 6.86. The molecule has 1 heterocycles. The number of likely N-dealkylation sites (tertiary alicyclic amines) is 1. The minimum Gasteiger partial charge on any atom is -0.466 e. The first kappa shape index (κ1) is 19.4. The van der Waals surface area contributed by atoms with Crippen LogP contribution in [0.1, 0.15) is 47.5 Å². The smallest absolute Gasteiger partial charge is 0.309 e. The zero-order valence-corrected chi connectivity index (χ0v) is 14.9. The van der Waals surface area contributed by atoms with Crippen molar-refractivity contribution in [1.29, 1.82) is 5.26 Å². The molecule has 1 amide bonds. The predicted molar refractivity (Wildman–Crippen MR) is 86.5 cm³/mol. The lowest BCUT2D eigenvalue weighted by molar-refractivity contribution is -0.919. The van der Waals surface area contributed by atoms with Crippen molar-refractivity contribution in [3.8, 4) is 6.07 Å². The number of nitriles is 1. The standard InChI is InChI=1S/C17H29N3O3/c1-6-23-16(22)14-7-9-20(10-8-14)13(4)15(21)19-17(5,11-18)12(2)3/h12-14H,6-10H2,1-5H3,(H,19,21)/p+1/t13-,17-/m0/s1. The highest BCUT2D eigenvalue weighted by Gasteiger charge is 2.37. The number of carbonyl (C=O) groups is 2. The molecule has 1 saturated heterocycles. The molecular weight excluding hydrogens is 294 g/mol. The van der Waals surface area contributed by atoms with E-state index >= 15 is 0 Å². The van der Waals surface area contributed by atoms with Gasteiger partial charge in [0.05, 0.1) is 31.7 Å². The molecule has 0 saturated carbocycles. The normalized spacial score (nSPS) is 25.1. The van der Waals surface area contributed by atoms with Gasteiger partial charge in [-0.25, -0.2) is 0 Å². The van der Waals surface area contributed by atoms with Crippen LogP contribution in [0.5, 0.6) is 0 Å². The molecule has 0 spiro atoms. The summed E-state index contributed by atoms with van der Waals surface area (Å²) in [6, 6.07) is 1.97. The molecule has 0 unspecified atom stereocenters. The highest BCUT2D eigenvalue weighted by molar-refractivity contribution is 5.81. The fourth-order valence-electron chi connectivity index (χ4n) is 2.77. The van der Waals surface area contributed by atoms with Crippen LogP contribution in [0.25, 0.3) is 0 Å². The van der Waals surface area contributed by atoms with Crippen LogP contribution in [0.4, 0.5) is 0 Å². The van der Waals surface area contributed by atoms with E-state index < -0.39 is 5.54 Å². The molecule has 6 heteroatoms. The Bertz CT molecular complexity index is 464. The monoisotopic (exact) mass is 324 g/mol. The molecular formula is C17H30N3O3+. The molecule has 0 bridgehead atoms. The summed E-state index contributed by atoms with van der Waals surface area (Å²) >= 11 is 0. The van der Waals surface area contributed by atoms with Crippen molar-refractivity contribution in [3.63, 3.8) is 0 Å². The molecule has 0 aromatic heterocycles. The highest BCUT2D eigenvalue weighted by atomic mass is 16.5. The third kappa shape index (κ3) is 4.93. The molecule has 2 N–H and O–H groups in total. The highest BCUT2D eigenvalue weighted by Crippen LogP contribution is 2.15. The number of ether oxygens (including phenoxy) is 1. The minimum absolute atomic E-state index is 0.0354. The summed E-state index contributed by atoms with van der Waals surface area (Å²) in [4.78, 5) is 25.4. The molecule has 23 heavy (non-hydrogen) atoms. The molecule has 0 aliphatic carbocycles. The van der Waals surface area contributed by atoms with E-state index in [2.05, 4.69) is 11.4 Å². The predicted octanol–water partition coefficient (Wildman–Crippen LogP) is 0.287. The molecule has 0 aromatic carbocycles. The number of carbonyl (C=O) groups excluding carboxylic acids is 2. The van der Waals surface area contributed by atoms with Gasteiger partial charge in [0.1, 0.15) is 5.54 Å². The molecule has 1 aliphatic rings. The van der Waals surface area contributed by atoms with Gasteiger partial charge in [0, 0.05) is 12.8 Å². The van der Waals surface area contributed by atoms with E-state index in [1.165, 1.54) is 0 Å². The van der Waals surface area contributed by atoms with Crippen LogP contribution in [-0.2, 0) is 14.3 Å². The molecule has 2 atom stereocenters. The lowest BCUT2D eigenvalue weighted by Crippen LogP contribution is -3.17. The molecule has 0 radical (unpaired) electrons. The van der Waals surface area contributed by atoms with Crippen molar-refractivity contribution in [2.24, 2.45) is 11.8 Å².